The van der Waals surface area contributed by atoms with Gasteiger partial charge in [-0.2, -0.15) is 0 Å². The van der Waals surface area contributed by atoms with Crippen LogP contribution in [-0.4, -0.2) is 31.6 Å². The Labute approximate surface area is 289 Å². The van der Waals surface area contributed by atoms with E-state index in [2.05, 4.69) is 99.9 Å². The molecular formula is C43H80N2O. The van der Waals surface area contributed by atoms with Gasteiger partial charge in [0.2, 0.25) is 0 Å². The Morgan fingerprint density at radius 3 is 1.28 bits per heavy atom. The third-order valence-corrected chi connectivity index (χ3v) is 8.60. The number of allylic oxidation sites excluding steroid dienone is 9. The minimum Gasteiger partial charge on any atom is -0.306 e. The molecule has 0 bridgehead atoms. The summed E-state index contributed by atoms with van der Waals surface area (Å²) in [4.78, 5) is 8.40. The van der Waals surface area contributed by atoms with E-state index in [0.29, 0.717) is 6.10 Å². The quantitative estimate of drug-likeness (QED) is 0.0424. The first-order chi connectivity index (χ1) is 22.6. The predicted octanol–water partition coefficient (Wildman–Crippen LogP) is 13.7. The maximum Gasteiger partial charge on any atom is 0.0853 e. The first-order valence-electron chi connectivity index (χ1n) is 19.9. The minimum atomic E-state index is 0.319. The van der Waals surface area contributed by atoms with E-state index in [9.17, 15) is 0 Å². The smallest absolute Gasteiger partial charge is 0.0853 e. The van der Waals surface area contributed by atoms with Gasteiger partial charge in [0, 0.05) is 12.2 Å². The van der Waals surface area contributed by atoms with Crippen LogP contribution in [0.2, 0.25) is 0 Å². The van der Waals surface area contributed by atoms with E-state index in [1.165, 1.54) is 154 Å². The summed E-state index contributed by atoms with van der Waals surface area (Å²) in [6, 6.07) is 0. The molecule has 0 spiro atoms. The zero-order valence-corrected chi connectivity index (χ0v) is 31.7. The molecule has 0 aliphatic rings. The summed E-state index contributed by atoms with van der Waals surface area (Å²) >= 11 is 0. The Morgan fingerprint density at radius 2 is 0.891 bits per heavy atom. The van der Waals surface area contributed by atoms with Gasteiger partial charge in [-0.3, -0.25) is 10.3 Å². The Hall–Kier alpha value is -1.58. The van der Waals surface area contributed by atoms with Crippen molar-refractivity contribution in [3.05, 3.63) is 60.4 Å². The summed E-state index contributed by atoms with van der Waals surface area (Å²) in [7, 11) is 4.20. The van der Waals surface area contributed by atoms with Gasteiger partial charge in [0.25, 0.3) is 0 Å². The second kappa shape index (κ2) is 37.9. The summed E-state index contributed by atoms with van der Waals surface area (Å²) < 4.78 is 0. The van der Waals surface area contributed by atoms with Crippen LogP contribution in [0.1, 0.15) is 188 Å². The van der Waals surface area contributed by atoms with Crippen LogP contribution in [0.5, 0.6) is 0 Å². The largest absolute Gasteiger partial charge is 0.306 e. The van der Waals surface area contributed by atoms with Crippen LogP contribution in [0.4, 0.5) is 0 Å². The van der Waals surface area contributed by atoms with Gasteiger partial charge in [-0.15, -0.1) is 0 Å². The zero-order valence-electron chi connectivity index (χ0n) is 31.7. The van der Waals surface area contributed by atoms with Gasteiger partial charge in [0.15, 0.2) is 0 Å². The Kier molecular flexibility index (Phi) is 36.6. The van der Waals surface area contributed by atoms with Gasteiger partial charge < -0.3 is 4.90 Å². The number of rotatable bonds is 35. The third kappa shape index (κ3) is 36.9. The van der Waals surface area contributed by atoms with E-state index in [-0.39, 0.29) is 0 Å². The molecule has 0 fully saturated rings. The molecule has 0 amide bonds. The maximum atomic E-state index is 6.22. The van der Waals surface area contributed by atoms with Crippen molar-refractivity contribution in [2.45, 2.75) is 194 Å². The lowest BCUT2D eigenvalue weighted by atomic mass is 10.0. The second-order valence-corrected chi connectivity index (χ2v) is 13.7. The summed E-state index contributed by atoms with van der Waals surface area (Å²) in [5.74, 6) is 0. The molecule has 1 N–H and O–H groups in total. The molecule has 3 nitrogen and oxygen atoms in total. The van der Waals surface area contributed by atoms with E-state index in [4.69, 9.17) is 4.84 Å². The van der Waals surface area contributed by atoms with Gasteiger partial charge in [0.05, 0.1) is 6.10 Å². The standard InChI is InChI=1S/C43H80N2O/c1-6-8-10-12-14-16-18-20-22-24-26-28-30-32-34-36-38-43(46-44-42(3)40-41-45(4)5)39-37-35-33-31-29-27-25-23-21-19-17-15-13-11-9-7-2/h14-17,20-23,40,43-44H,6-13,18-19,24-39,41H2,1-5H3/b16-14?,17-15?,22-20?,23-21?,42-40-. The summed E-state index contributed by atoms with van der Waals surface area (Å²) in [6.07, 6.45) is 54.9. The molecule has 0 atom stereocenters. The van der Waals surface area contributed by atoms with Gasteiger partial charge in [-0.05, 0) is 104 Å². The van der Waals surface area contributed by atoms with Crippen molar-refractivity contribution in [1.29, 1.82) is 0 Å². The monoisotopic (exact) mass is 641 g/mol. The fraction of sp³-hybridized carbons (Fsp3) is 0.767. The van der Waals surface area contributed by atoms with Crippen molar-refractivity contribution in [2.24, 2.45) is 0 Å². The number of unbranched alkanes of at least 4 members (excludes halogenated alkanes) is 18. The number of likely N-dealkylation sites (N-methyl/N-ethyl adjacent to an activating group) is 1. The number of nitrogens with one attached hydrogen (secondary N) is 1. The van der Waals surface area contributed by atoms with Gasteiger partial charge in [0.1, 0.15) is 0 Å². The Morgan fingerprint density at radius 1 is 0.522 bits per heavy atom. The number of nitrogens with zero attached hydrogens (tertiary/aromatic N) is 1. The summed E-state index contributed by atoms with van der Waals surface area (Å²) in [6.45, 7) is 7.58. The highest BCUT2D eigenvalue weighted by atomic mass is 16.7. The van der Waals surface area contributed by atoms with Crippen LogP contribution < -0.4 is 5.48 Å². The summed E-state index contributed by atoms with van der Waals surface area (Å²) in [5, 5.41) is 0. The summed E-state index contributed by atoms with van der Waals surface area (Å²) in [5.41, 5.74) is 4.38. The predicted molar refractivity (Wildman–Crippen MR) is 208 cm³/mol. The fourth-order valence-electron chi connectivity index (χ4n) is 5.52. The molecule has 0 radical (unpaired) electrons. The van der Waals surface area contributed by atoms with Crippen molar-refractivity contribution in [3.63, 3.8) is 0 Å². The molecule has 0 heterocycles. The molecule has 0 saturated heterocycles. The van der Waals surface area contributed by atoms with Crippen LogP contribution in [0.15, 0.2) is 60.4 Å². The van der Waals surface area contributed by atoms with Crippen molar-refractivity contribution in [3.8, 4) is 0 Å². The lowest BCUT2D eigenvalue weighted by Gasteiger charge is -2.19. The molecule has 0 aliphatic heterocycles. The Balaban J connectivity index is 4.03. The molecular weight excluding hydrogens is 560 g/mol. The molecule has 0 rings (SSSR count). The van der Waals surface area contributed by atoms with E-state index in [1.54, 1.807) is 0 Å². The molecule has 268 valence electrons. The van der Waals surface area contributed by atoms with Crippen molar-refractivity contribution in [2.75, 3.05) is 20.6 Å². The normalized spacial score (nSPS) is 13.5. The number of hydrogen-bond donors (Lipinski definition) is 1. The lowest BCUT2D eigenvalue weighted by molar-refractivity contribution is -0.0191. The fourth-order valence-corrected chi connectivity index (χ4v) is 5.52. The van der Waals surface area contributed by atoms with Crippen molar-refractivity contribution in [1.82, 2.24) is 10.4 Å². The average molecular weight is 641 g/mol. The van der Waals surface area contributed by atoms with Crippen LogP contribution in [0, 0.1) is 0 Å². The molecule has 0 saturated carbocycles. The first-order valence-corrected chi connectivity index (χ1v) is 19.9. The molecule has 0 aromatic rings. The highest BCUT2D eigenvalue weighted by Gasteiger charge is 2.10. The van der Waals surface area contributed by atoms with E-state index in [0.717, 1.165) is 25.1 Å². The van der Waals surface area contributed by atoms with E-state index >= 15 is 0 Å². The molecule has 46 heavy (non-hydrogen) atoms. The van der Waals surface area contributed by atoms with Crippen molar-refractivity contribution >= 4 is 0 Å². The van der Waals surface area contributed by atoms with Crippen LogP contribution in [0.25, 0.3) is 0 Å². The van der Waals surface area contributed by atoms with Crippen molar-refractivity contribution < 1.29 is 4.84 Å². The first kappa shape index (κ1) is 44.4. The zero-order chi connectivity index (χ0) is 33.6. The second-order valence-electron chi connectivity index (χ2n) is 13.7. The van der Waals surface area contributed by atoms with E-state index < -0.39 is 0 Å². The average Bonchev–Trinajstić information content (AvgIpc) is 3.05. The SMILES string of the molecule is CCCCCC=CCC=CCCCCCCCCC(CCCCCCCCC=CCC=CCCCCC)ON/C(C)=C\CN(C)C. The number of hydroxylamine groups is 1. The Bertz CT molecular complexity index is 700. The van der Waals surface area contributed by atoms with Crippen LogP contribution >= 0.6 is 0 Å². The molecule has 0 aliphatic carbocycles. The van der Waals surface area contributed by atoms with Gasteiger partial charge in [-0.1, -0.05) is 152 Å². The van der Waals surface area contributed by atoms with Crippen LogP contribution in [0.3, 0.4) is 0 Å². The van der Waals surface area contributed by atoms with Gasteiger partial charge in [-0.25, -0.2) is 0 Å². The molecule has 0 aromatic carbocycles. The minimum absolute atomic E-state index is 0.319. The molecule has 0 aromatic heterocycles. The van der Waals surface area contributed by atoms with Gasteiger partial charge >= 0.3 is 0 Å². The lowest BCUT2D eigenvalue weighted by Crippen LogP contribution is -2.24. The van der Waals surface area contributed by atoms with E-state index in [1.807, 2.05) is 0 Å². The third-order valence-electron chi connectivity index (χ3n) is 8.60. The molecule has 3 heteroatoms. The maximum absolute atomic E-state index is 6.22. The van der Waals surface area contributed by atoms with Crippen LogP contribution in [-0.2, 0) is 4.84 Å². The number of hydrogen-bond acceptors (Lipinski definition) is 3. The highest BCUT2D eigenvalue weighted by Crippen LogP contribution is 2.17. The topological polar surface area (TPSA) is 24.5 Å². The molecule has 0 unspecified atom stereocenters. The highest BCUT2D eigenvalue weighted by molar-refractivity contribution is 4.95.